The number of aliphatic carboxylic acids is 1. The van der Waals surface area contributed by atoms with Gasteiger partial charge in [0.15, 0.2) is 0 Å². The number of benzene rings is 2. The van der Waals surface area contributed by atoms with Crippen LogP contribution in [0.1, 0.15) is 49.3 Å². The summed E-state index contributed by atoms with van der Waals surface area (Å²) in [6.07, 6.45) is 5.52. The van der Waals surface area contributed by atoms with Gasteiger partial charge in [-0.1, -0.05) is 36.4 Å². The van der Waals surface area contributed by atoms with Crippen LogP contribution in [0.25, 0.3) is 10.9 Å². The van der Waals surface area contributed by atoms with Crippen LogP contribution in [-0.4, -0.2) is 16.1 Å². The van der Waals surface area contributed by atoms with Gasteiger partial charge in [-0.05, 0) is 73.3 Å². The number of carboxylic acid groups (broad SMARTS) is 1. The second-order valence-electron chi connectivity index (χ2n) is 8.63. The van der Waals surface area contributed by atoms with Crippen molar-refractivity contribution in [3.8, 4) is 5.75 Å². The van der Waals surface area contributed by atoms with Gasteiger partial charge in [-0.2, -0.15) is 0 Å². The molecule has 0 saturated heterocycles. The molecule has 2 saturated carbocycles. The maximum atomic E-state index is 12.1. The van der Waals surface area contributed by atoms with Crippen LogP contribution in [0, 0.1) is 11.3 Å². The lowest BCUT2D eigenvalue weighted by Crippen LogP contribution is -2.30. The van der Waals surface area contributed by atoms with Crippen molar-refractivity contribution in [1.82, 2.24) is 4.98 Å². The molecular weight excluding hydrogens is 362 g/mol. The Morgan fingerprint density at radius 1 is 1.07 bits per heavy atom. The number of ether oxygens (including phenoxy) is 1. The molecule has 0 aliphatic heterocycles. The van der Waals surface area contributed by atoms with E-state index in [0.29, 0.717) is 6.61 Å². The normalized spacial score (nSPS) is 23.9. The lowest BCUT2D eigenvalue weighted by atomic mass is 9.70. The van der Waals surface area contributed by atoms with Gasteiger partial charge in [-0.3, -0.25) is 4.79 Å². The number of nitrogens with zero attached hydrogens (tertiary/aromatic N) is 1. The quantitative estimate of drug-likeness (QED) is 0.601. The molecule has 1 unspecified atom stereocenters. The highest BCUT2D eigenvalue weighted by Gasteiger charge is 2.52. The molecule has 2 fully saturated rings. The first-order chi connectivity index (χ1) is 14.1. The molecule has 2 aliphatic carbocycles. The third-order valence-corrected chi connectivity index (χ3v) is 6.91. The summed E-state index contributed by atoms with van der Waals surface area (Å²) in [6, 6.07) is 19.7. The van der Waals surface area contributed by atoms with E-state index >= 15 is 0 Å². The van der Waals surface area contributed by atoms with Gasteiger partial charge in [0, 0.05) is 5.39 Å². The molecule has 4 heteroatoms. The van der Waals surface area contributed by atoms with Crippen LogP contribution in [0.4, 0.5) is 0 Å². The van der Waals surface area contributed by atoms with Crippen molar-refractivity contribution in [3.05, 3.63) is 71.9 Å². The van der Waals surface area contributed by atoms with Crippen molar-refractivity contribution < 1.29 is 14.6 Å². The predicted molar refractivity (Wildman–Crippen MR) is 112 cm³/mol. The second-order valence-corrected chi connectivity index (χ2v) is 8.63. The minimum absolute atomic E-state index is 0.0477. The predicted octanol–water partition coefficient (Wildman–Crippen LogP) is 5.56. The number of rotatable bonds is 6. The lowest BCUT2D eigenvalue weighted by molar-refractivity contribution is -0.142. The van der Waals surface area contributed by atoms with E-state index in [-0.39, 0.29) is 5.41 Å². The summed E-state index contributed by atoms with van der Waals surface area (Å²) >= 11 is 0. The van der Waals surface area contributed by atoms with Crippen LogP contribution in [0.3, 0.4) is 0 Å². The van der Waals surface area contributed by atoms with Crippen LogP contribution >= 0.6 is 0 Å². The molecule has 148 valence electrons. The van der Waals surface area contributed by atoms with Crippen molar-refractivity contribution >= 4 is 16.9 Å². The van der Waals surface area contributed by atoms with E-state index in [9.17, 15) is 9.90 Å². The topological polar surface area (TPSA) is 59.4 Å². The first-order valence-corrected chi connectivity index (χ1v) is 10.4. The summed E-state index contributed by atoms with van der Waals surface area (Å²) in [7, 11) is 0. The molecule has 4 nitrogen and oxygen atoms in total. The minimum Gasteiger partial charge on any atom is -0.487 e. The summed E-state index contributed by atoms with van der Waals surface area (Å²) in [5.41, 5.74) is 2.68. The molecule has 1 N–H and O–H groups in total. The van der Waals surface area contributed by atoms with E-state index in [4.69, 9.17) is 4.74 Å². The highest BCUT2D eigenvalue weighted by molar-refractivity contribution is 5.78. The van der Waals surface area contributed by atoms with Gasteiger partial charge < -0.3 is 9.84 Å². The molecule has 0 spiro atoms. The average molecular weight is 387 g/mol. The number of para-hydroxylation sites is 1. The van der Waals surface area contributed by atoms with Gasteiger partial charge in [-0.15, -0.1) is 0 Å². The van der Waals surface area contributed by atoms with E-state index < -0.39 is 11.9 Å². The number of aromatic nitrogens is 1. The highest BCUT2D eigenvalue weighted by Crippen LogP contribution is 2.60. The molecule has 1 heterocycles. The van der Waals surface area contributed by atoms with E-state index in [1.165, 1.54) is 12.8 Å². The Kier molecular flexibility index (Phi) is 4.50. The molecule has 5 rings (SSSR count). The molecule has 1 aromatic heterocycles. The first-order valence-electron chi connectivity index (χ1n) is 10.4. The summed E-state index contributed by atoms with van der Waals surface area (Å²) < 4.78 is 5.91. The van der Waals surface area contributed by atoms with Crippen LogP contribution in [-0.2, 0) is 11.4 Å². The van der Waals surface area contributed by atoms with Crippen molar-refractivity contribution in [2.24, 2.45) is 11.3 Å². The van der Waals surface area contributed by atoms with Crippen LogP contribution < -0.4 is 4.74 Å². The summed E-state index contributed by atoms with van der Waals surface area (Å²) in [5, 5.41) is 11.1. The van der Waals surface area contributed by atoms with Crippen LogP contribution in [0.5, 0.6) is 5.75 Å². The smallest absolute Gasteiger partial charge is 0.311 e. The van der Waals surface area contributed by atoms with E-state index in [0.717, 1.165) is 53.1 Å². The molecule has 2 bridgehead atoms. The Balaban J connectivity index is 1.31. The molecule has 29 heavy (non-hydrogen) atoms. The van der Waals surface area contributed by atoms with Gasteiger partial charge in [0.2, 0.25) is 0 Å². The maximum Gasteiger partial charge on any atom is 0.311 e. The lowest BCUT2D eigenvalue weighted by Gasteiger charge is -2.33. The van der Waals surface area contributed by atoms with Crippen molar-refractivity contribution in [2.75, 3.05) is 0 Å². The number of carbonyl (C=O) groups is 1. The number of hydrogen-bond acceptors (Lipinski definition) is 3. The van der Waals surface area contributed by atoms with Gasteiger partial charge in [0.05, 0.1) is 17.1 Å². The summed E-state index contributed by atoms with van der Waals surface area (Å²) in [4.78, 5) is 16.8. The Morgan fingerprint density at radius 2 is 1.83 bits per heavy atom. The molecule has 0 radical (unpaired) electrons. The molecule has 0 amide bonds. The Bertz CT molecular complexity index is 1040. The fraction of sp³-hybridized carbons (Fsp3) is 0.360. The zero-order chi connectivity index (χ0) is 19.8. The van der Waals surface area contributed by atoms with Gasteiger partial charge >= 0.3 is 5.97 Å². The fourth-order valence-corrected chi connectivity index (χ4v) is 5.50. The van der Waals surface area contributed by atoms with Gasteiger partial charge in [0.1, 0.15) is 12.4 Å². The molecule has 2 aliphatic rings. The second kappa shape index (κ2) is 7.18. The molecule has 1 atom stereocenters. The number of carboxylic acids is 1. The third kappa shape index (κ3) is 3.37. The standard InChI is InChI=1S/C25H25NO3/c27-24(28)23(25-13-11-17(15-25)12-14-25)19-6-9-21(10-7-19)29-16-20-8-5-18-3-1-2-4-22(18)26-20/h1-10,17,23H,11-16H2,(H,27,28). The monoisotopic (exact) mass is 387 g/mol. The first kappa shape index (κ1) is 18.2. The highest BCUT2D eigenvalue weighted by atomic mass is 16.5. The zero-order valence-corrected chi connectivity index (χ0v) is 16.4. The average Bonchev–Trinajstić information content (AvgIpc) is 3.34. The summed E-state index contributed by atoms with van der Waals surface area (Å²) in [5.74, 6) is 0.364. The van der Waals surface area contributed by atoms with E-state index in [2.05, 4.69) is 11.1 Å². The molecule has 3 aromatic rings. The van der Waals surface area contributed by atoms with E-state index in [1.807, 2.05) is 54.6 Å². The van der Waals surface area contributed by atoms with Crippen molar-refractivity contribution in [3.63, 3.8) is 0 Å². The van der Waals surface area contributed by atoms with Gasteiger partial charge in [0.25, 0.3) is 0 Å². The molecule has 2 aromatic carbocycles. The SMILES string of the molecule is O=C(O)C(c1ccc(OCc2ccc3ccccc3n2)cc1)C12CCC(CC1)C2. The Morgan fingerprint density at radius 3 is 2.52 bits per heavy atom. The summed E-state index contributed by atoms with van der Waals surface area (Å²) in [6.45, 7) is 0.387. The Labute approximate surface area is 170 Å². The van der Waals surface area contributed by atoms with Crippen molar-refractivity contribution in [2.45, 2.75) is 44.6 Å². The number of pyridine rings is 1. The Hall–Kier alpha value is -2.88. The zero-order valence-electron chi connectivity index (χ0n) is 16.4. The van der Waals surface area contributed by atoms with E-state index in [1.54, 1.807) is 0 Å². The van der Waals surface area contributed by atoms with Gasteiger partial charge in [-0.25, -0.2) is 4.98 Å². The minimum atomic E-state index is -0.693. The third-order valence-electron chi connectivity index (χ3n) is 6.91. The maximum absolute atomic E-state index is 12.1. The molecular formula is C25H25NO3. The van der Waals surface area contributed by atoms with Crippen LogP contribution in [0.15, 0.2) is 60.7 Å². The number of hydrogen-bond donors (Lipinski definition) is 1. The fourth-order valence-electron chi connectivity index (χ4n) is 5.50. The largest absolute Gasteiger partial charge is 0.487 e. The number of fused-ring (bicyclic) bond motifs is 3. The van der Waals surface area contributed by atoms with Crippen molar-refractivity contribution in [1.29, 1.82) is 0 Å². The van der Waals surface area contributed by atoms with Crippen LogP contribution in [0.2, 0.25) is 0 Å².